The van der Waals surface area contributed by atoms with Gasteiger partial charge in [0.2, 0.25) is 0 Å². The van der Waals surface area contributed by atoms with E-state index in [2.05, 4.69) is 4.98 Å². The summed E-state index contributed by atoms with van der Waals surface area (Å²) in [5.74, 6) is 0.270. The van der Waals surface area contributed by atoms with Crippen LogP contribution in [0.15, 0.2) is 18.3 Å². The minimum atomic E-state index is -0.389. The molecular weight excluding hydrogens is 298 g/mol. The van der Waals surface area contributed by atoms with Crippen molar-refractivity contribution in [3.05, 3.63) is 23.9 Å². The monoisotopic (exact) mass is 321 g/mol. The molecule has 1 saturated heterocycles. The van der Waals surface area contributed by atoms with E-state index in [0.29, 0.717) is 43.7 Å². The minimum absolute atomic E-state index is 0.0171. The van der Waals surface area contributed by atoms with Gasteiger partial charge in [0.15, 0.2) is 0 Å². The highest BCUT2D eigenvalue weighted by molar-refractivity contribution is 5.94. The summed E-state index contributed by atoms with van der Waals surface area (Å²) < 4.78 is 5.65. The Bertz CT molecular complexity index is 572. The zero-order valence-corrected chi connectivity index (χ0v) is 13.0. The topological polar surface area (TPSA) is 109 Å². The van der Waals surface area contributed by atoms with Crippen LogP contribution in [0.2, 0.25) is 0 Å². The maximum Gasteiger partial charge on any atom is 0.254 e. The predicted octanol–water partition coefficient (Wildman–Crippen LogP) is 0.0283. The summed E-state index contributed by atoms with van der Waals surface area (Å²) in [6.07, 6.45) is 3.13. The predicted molar refractivity (Wildman–Crippen MR) is 83.7 cm³/mol. The molecular formula is C16H23N3O4. The molecule has 2 fully saturated rings. The van der Waals surface area contributed by atoms with E-state index in [1.54, 1.807) is 17.0 Å². The van der Waals surface area contributed by atoms with Gasteiger partial charge in [0.05, 0.1) is 25.4 Å². The van der Waals surface area contributed by atoms with Crippen LogP contribution in [0.1, 0.15) is 29.6 Å². The third kappa shape index (κ3) is 2.91. The van der Waals surface area contributed by atoms with Crippen molar-refractivity contribution in [3.63, 3.8) is 0 Å². The molecule has 1 saturated carbocycles. The molecule has 2 atom stereocenters. The van der Waals surface area contributed by atoms with Crippen LogP contribution in [0.25, 0.3) is 0 Å². The fourth-order valence-electron chi connectivity index (χ4n) is 3.70. The van der Waals surface area contributed by atoms with E-state index < -0.39 is 0 Å². The molecule has 23 heavy (non-hydrogen) atoms. The summed E-state index contributed by atoms with van der Waals surface area (Å²) in [4.78, 5) is 18.2. The van der Waals surface area contributed by atoms with Crippen LogP contribution in [0.5, 0.6) is 0 Å². The number of carbonyl (C=O) groups excluding carboxylic acids is 1. The molecule has 1 aromatic rings. The summed E-state index contributed by atoms with van der Waals surface area (Å²) in [5.41, 5.74) is 5.89. The van der Waals surface area contributed by atoms with Crippen LogP contribution < -0.4 is 5.73 Å². The highest BCUT2D eigenvalue weighted by Gasteiger charge is 2.56. The molecule has 2 heterocycles. The van der Waals surface area contributed by atoms with Gasteiger partial charge in [-0.05, 0) is 25.0 Å². The first-order chi connectivity index (χ1) is 11.1. The van der Waals surface area contributed by atoms with E-state index in [4.69, 9.17) is 15.6 Å². The standard InChI is InChI=1S/C16H23N3O4/c17-14-9-11(1-4-18-14)15(22)19-5-2-16(3-6-19)12(21)10-13(16)23-8-7-20/h1,4,9,12-13,20-21H,2-3,5-8,10H2,(H2,17,18)/t12-,13+/m1/s1. The maximum absolute atomic E-state index is 12.5. The molecule has 0 unspecified atom stereocenters. The van der Waals surface area contributed by atoms with Crippen LogP contribution in [0.3, 0.4) is 0 Å². The number of carbonyl (C=O) groups is 1. The molecule has 1 aliphatic carbocycles. The molecule has 7 nitrogen and oxygen atoms in total. The first-order valence-electron chi connectivity index (χ1n) is 7.98. The lowest BCUT2D eigenvalue weighted by Crippen LogP contribution is -2.62. The highest BCUT2D eigenvalue weighted by atomic mass is 16.5. The third-order valence-corrected chi connectivity index (χ3v) is 5.16. The molecule has 7 heteroatoms. The summed E-state index contributed by atoms with van der Waals surface area (Å²) in [5, 5.41) is 19.1. The number of amides is 1. The fraction of sp³-hybridized carbons (Fsp3) is 0.625. The van der Waals surface area contributed by atoms with E-state index >= 15 is 0 Å². The number of piperidine rings is 1. The molecule has 0 radical (unpaired) electrons. The molecule has 4 N–H and O–H groups in total. The average molecular weight is 321 g/mol. The summed E-state index contributed by atoms with van der Waals surface area (Å²) in [7, 11) is 0. The van der Waals surface area contributed by atoms with E-state index in [-0.39, 0.29) is 36.7 Å². The maximum atomic E-state index is 12.5. The highest BCUT2D eigenvalue weighted by Crippen LogP contribution is 2.51. The number of ether oxygens (including phenoxy) is 1. The van der Waals surface area contributed by atoms with Gasteiger partial charge in [0, 0.05) is 36.7 Å². The molecule has 1 amide bonds. The van der Waals surface area contributed by atoms with Gasteiger partial charge >= 0.3 is 0 Å². The van der Waals surface area contributed by atoms with Gasteiger partial charge in [-0.25, -0.2) is 4.98 Å². The molecule has 1 aromatic heterocycles. The molecule has 1 aliphatic heterocycles. The zero-order valence-electron chi connectivity index (χ0n) is 13.0. The molecule has 1 spiro atoms. The Labute approximate surface area is 135 Å². The van der Waals surface area contributed by atoms with Gasteiger partial charge in [-0.15, -0.1) is 0 Å². The normalized spacial score (nSPS) is 26.1. The van der Waals surface area contributed by atoms with Crippen molar-refractivity contribution in [3.8, 4) is 0 Å². The second-order valence-corrected chi connectivity index (χ2v) is 6.33. The Morgan fingerprint density at radius 1 is 1.48 bits per heavy atom. The quantitative estimate of drug-likeness (QED) is 0.722. The van der Waals surface area contributed by atoms with Crippen molar-refractivity contribution in [2.75, 3.05) is 32.0 Å². The van der Waals surface area contributed by atoms with E-state index in [0.717, 1.165) is 0 Å². The number of anilines is 1. The van der Waals surface area contributed by atoms with Crippen molar-refractivity contribution in [1.29, 1.82) is 0 Å². The summed E-state index contributed by atoms with van der Waals surface area (Å²) in [6, 6.07) is 3.24. The number of rotatable bonds is 4. The second kappa shape index (κ2) is 6.43. The number of nitrogens with two attached hydrogens (primary N) is 1. The Kier molecular flexibility index (Phi) is 4.52. The Hall–Kier alpha value is -1.70. The number of pyridine rings is 1. The van der Waals surface area contributed by atoms with Crippen LogP contribution >= 0.6 is 0 Å². The van der Waals surface area contributed by atoms with Crippen molar-refractivity contribution >= 4 is 11.7 Å². The van der Waals surface area contributed by atoms with Gasteiger partial charge in [-0.3, -0.25) is 4.79 Å². The summed E-state index contributed by atoms with van der Waals surface area (Å²) >= 11 is 0. The minimum Gasteiger partial charge on any atom is -0.394 e. The molecule has 126 valence electrons. The van der Waals surface area contributed by atoms with Crippen LogP contribution in [-0.4, -0.2) is 64.5 Å². The average Bonchev–Trinajstić information content (AvgIpc) is 2.58. The van der Waals surface area contributed by atoms with E-state index in [1.165, 1.54) is 6.20 Å². The zero-order chi connectivity index (χ0) is 16.4. The number of nitrogen functional groups attached to an aromatic ring is 1. The first-order valence-corrected chi connectivity index (χ1v) is 7.98. The number of nitrogens with zero attached hydrogens (tertiary/aromatic N) is 2. The van der Waals surface area contributed by atoms with Crippen molar-refractivity contribution < 1.29 is 19.7 Å². The van der Waals surface area contributed by atoms with Crippen molar-refractivity contribution in [2.45, 2.75) is 31.5 Å². The number of hydrogen-bond donors (Lipinski definition) is 3. The van der Waals surface area contributed by atoms with E-state index in [9.17, 15) is 9.90 Å². The summed E-state index contributed by atoms with van der Waals surface area (Å²) in [6.45, 7) is 1.43. The fourth-order valence-corrected chi connectivity index (χ4v) is 3.70. The van der Waals surface area contributed by atoms with Gasteiger partial charge in [0.1, 0.15) is 5.82 Å². The molecule has 0 bridgehead atoms. The molecule has 3 rings (SSSR count). The Morgan fingerprint density at radius 3 is 2.83 bits per heavy atom. The van der Waals surface area contributed by atoms with Crippen LogP contribution in [0.4, 0.5) is 5.82 Å². The second-order valence-electron chi connectivity index (χ2n) is 6.33. The number of aliphatic hydroxyl groups is 2. The first kappa shape index (κ1) is 16.2. The smallest absolute Gasteiger partial charge is 0.254 e. The largest absolute Gasteiger partial charge is 0.394 e. The van der Waals surface area contributed by atoms with Gasteiger partial charge in [-0.1, -0.05) is 0 Å². The molecule has 2 aliphatic rings. The van der Waals surface area contributed by atoms with Crippen LogP contribution in [-0.2, 0) is 4.74 Å². The SMILES string of the molecule is Nc1cc(C(=O)N2CCC3(CC2)[C@H](O)C[C@@H]3OCCO)ccn1. The van der Waals surface area contributed by atoms with Crippen molar-refractivity contribution in [2.24, 2.45) is 5.41 Å². The number of aliphatic hydroxyl groups excluding tert-OH is 2. The Morgan fingerprint density at radius 2 is 2.22 bits per heavy atom. The number of aromatic nitrogens is 1. The van der Waals surface area contributed by atoms with Gasteiger partial charge in [-0.2, -0.15) is 0 Å². The lowest BCUT2D eigenvalue weighted by molar-refractivity contribution is -0.211. The number of hydrogen-bond acceptors (Lipinski definition) is 6. The van der Waals surface area contributed by atoms with Gasteiger partial charge in [0.25, 0.3) is 5.91 Å². The van der Waals surface area contributed by atoms with Crippen LogP contribution in [0, 0.1) is 5.41 Å². The number of likely N-dealkylation sites (tertiary alicyclic amines) is 1. The third-order valence-electron chi connectivity index (χ3n) is 5.16. The lowest BCUT2D eigenvalue weighted by Gasteiger charge is -2.56. The molecule has 0 aromatic carbocycles. The van der Waals surface area contributed by atoms with Gasteiger partial charge < -0.3 is 25.6 Å². The van der Waals surface area contributed by atoms with Crippen molar-refractivity contribution in [1.82, 2.24) is 9.88 Å². The van der Waals surface area contributed by atoms with E-state index in [1.807, 2.05) is 0 Å². The lowest BCUT2D eigenvalue weighted by atomic mass is 9.58. The Balaban J connectivity index is 1.63.